The van der Waals surface area contributed by atoms with Crippen molar-refractivity contribution >= 4 is 0 Å². The quantitative estimate of drug-likeness (QED) is 0.558. The molecule has 0 radical (unpaired) electrons. The molecule has 0 amide bonds. The van der Waals surface area contributed by atoms with Gasteiger partial charge in [0, 0.05) is 0 Å². The van der Waals surface area contributed by atoms with E-state index in [0.717, 1.165) is 0 Å². The molecule has 0 aromatic heterocycles. The zero-order valence-electron chi connectivity index (χ0n) is 11.2. The van der Waals surface area contributed by atoms with Crippen molar-refractivity contribution in [1.29, 1.82) is 0 Å². The Morgan fingerprint density at radius 1 is 1.19 bits per heavy atom. The first kappa shape index (κ1) is 13.3. The molecule has 1 aliphatic rings. The molecule has 1 aliphatic carbocycles. The van der Waals surface area contributed by atoms with Gasteiger partial charge in [-0.25, -0.2) is 0 Å². The second-order valence-corrected chi connectivity index (χ2v) is 5.12. The van der Waals surface area contributed by atoms with E-state index in [1.54, 1.807) is 5.57 Å². The molecule has 0 heterocycles. The SMILES string of the molecule is C=CC1=CCCC=C1C(C)(CCC)CCC. The van der Waals surface area contributed by atoms with Crippen LogP contribution in [0.4, 0.5) is 0 Å². The maximum Gasteiger partial charge on any atom is -0.00728 e. The highest BCUT2D eigenvalue weighted by Crippen LogP contribution is 2.42. The van der Waals surface area contributed by atoms with Gasteiger partial charge in [0.15, 0.2) is 0 Å². The van der Waals surface area contributed by atoms with E-state index in [4.69, 9.17) is 0 Å². The smallest absolute Gasteiger partial charge is 0.00728 e. The summed E-state index contributed by atoms with van der Waals surface area (Å²) in [5, 5.41) is 0. The Hall–Kier alpha value is -0.780. The Bertz CT molecular complexity index is 285. The van der Waals surface area contributed by atoms with Crippen molar-refractivity contribution in [2.24, 2.45) is 5.41 Å². The van der Waals surface area contributed by atoms with Crippen molar-refractivity contribution in [3.05, 3.63) is 36.0 Å². The summed E-state index contributed by atoms with van der Waals surface area (Å²) in [6.07, 6.45) is 14.3. The average molecular weight is 218 g/mol. The van der Waals surface area contributed by atoms with E-state index in [0.29, 0.717) is 5.41 Å². The van der Waals surface area contributed by atoms with Crippen LogP contribution in [0.25, 0.3) is 0 Å². The molecule has 0 saturated heterocycles. The van der Waals surface area contributed by atoms with Crippen LogP contribution in [0.15, 0.2) is 36.0 Å². The van der Waals surface area contributed by atoms with Crippen LogP contribution < -0.4 is 0 Å². The lowest BCUT2D eigenvalue weighted by Gasteiger charge is -2.34. The average Bonchev–Trinajstić information content (AvgIpc) is 2.29. The monoisotopic (exact) mass is 218 g/mol. The first-order valence-electron chi connectivity index (χ1n) is 6.71. The molecular weight excluding hydrogens is 192 g/mol. The lowest BCUT2D eigenvalue weighted by atomic mass is 9.70. The maximum atomic E-state index is 3.96. The summed E-state index contributed by atoms with van der Waals surface area (Å²) in [6, 6.07) is 0. The fourth-order valence-electron chi connectivity index (χ4n) is 2.98. The minimum absolute atomic E-state index is 0.365. The predicted molar refractivity (Wildman–Crippen MR) is 73.5 cm³/mol. The van der Waals surface area contributed by atoms with Crippen LogP contribution >= 0.6 is 0 Å². The molecular formula is C16H26. The fraction of sp³-hybridized carbons (Fsp3) is 0.625. The minimum Gasteiger partial charge on any atom is -0.0985 e. The molecule has 0 saturated carbocycles. The van der Waals surface area contributed by atoms with Gasteiger partial charge in [0.25, 0.3) is 0 Å². The lowest BCUT2D eigenvalue weighted by molar-refractivity contribution is 0.331. The summed E-state index contributed by atoms with van der Waals surface area (Å²) in [5.41, 5.74) is 3.30. The van der Waals surface area contributed by atoms with Crippen LogP contribution in [0, 0.1) is 5.41 Å². The van der Waals surface area contributed by atoms with E-state index in [1.165, 1.54) is 44.1 Å². The van der Waals surface area contributed by atoms with E-state index >= 15 is 0 Å². The van der Waals surface area contributed by atoms with Crippen LogP contribution in [0.1, 0.15) is 59.3 Å². The molecule has 0 unspecified atom stereocenters. The van der Waals surface area contributed by atoms with Gasteiger partial charge in [-0.05, 0) is 42.2 Å². The summed E-state index contributed by atoms with van der Waals surface area (Å²) in [6.45, 7) is 11.0. The van der Waals surface area contributed by atoms with Crippen molar-refractivity contribution in [2.75, 3.05) is 0 Å². The molecule has 0 aromatic carbocycles. The van der Waals surface area contributed by atoms with Crippen molar-refractivity contribution in [2.45, 2.75) is 59.3 Å². The van der Waals surface area contributed by atoms with E-state index in [-0.39, 0.29) is 0 Å². The van der Waals surface area contributed by atoms with Crippen molar-refractivity contribution in [3.8, 4) is 0 Å². The second kappa shape index (κ2) is 6.08. The van der Waals surface area contributed by atoms with E-state index in [2.05, 4.69) is 39.5 Å². The largest absolute Gasteiger partial charge is 0.0985 e. The molecule has 0 aliphatic heterocycles. The van der Waals surface area contributed by atoms with Gasteiger partial charge in [-0.3, -0.25) is 0 Å². The van der Waals surface area contributed by atoms with Gasteiger partial charge in [-0.15, -0.1) is 0 Å². The standard InChI is InChI=1S/C16H26/c1-5-12-16(4,13-6-2)15-11-9-8-10-14(15)7-3/h7,10-11H,3,5-6,8-9,12-13H2,1-2,4H3. The molecule has 16 heavy (non-hydrogen) atoms. The second-order valence-electron chi connectivity index (χ2n) is 5.12. The lowest BCUT2D eigenvalue weighted by Crippen LogP contribution is -2.21. The maximum absolute atomic E-state index is 3.96. The Morgan fingerprint density at radius 2 is 1.75 bits per heavy atom. The number of allylic oxidation sites excluding steroid dienone is 5. The molecule has 0 aromatic rings. The molecule has 0 atom stereocenters. The Kier molecular flexibility index (Phi) is 5.05. The zero-order chi connectivity index (χ0) is 12.0. The summed E-state index contributed by atoms with van der Waals surface area (Å²) in [4.78, 5) is 0. The van der Waals surface area contributed by atoms with E-state index < -0.39 is 0 Å². The summed E-state index contributed by atoms with van der Waals surface area (Å²) < 4.78 is 0. The van der Waals surface area contributed by atoms with Crippen LogP contribution in [0.5, 0.6) is 0 Å². The molecule has 0 N–H and O–H groups in total. The Morgan fingerprint density at radius 3 is 2.25 bits per heavy atom. The first-order chi connectivity index (χ1) is 7.68. The Balaban J connectivity index is 2.96. The molecule has 0 fully saturated rings. The number of hydrogen-bond donors (Lipinski definition) is 0. The summed E-state index contributed by atoms with van der Waals surface area (Å²) >= 11 is 0. The van der Waals surface area contributed by atoms with Gasteiger partial charge in [-0.1, -0.05) is 58.4 Å². The van der Waals surface area contributed by atoms with Crippen molar-refractivity contribution in [3.63, 3.8) is 0 Å². The third kappa shape index (κ3) is 2.87. The van der Waals surface area contributed by atoms with Crippen LogP contribution in [0.3, 0.4) is 0 Å². The summed E-state index contributed by atoms with van der Waals surface area (Å²) in [5.74, 6) is 0. The Labute approximate surface area is 101 Å². The molecule has 0 heteroatoms. The van der Waals surface area contributed by atoms with Gasteiger partial charge < -0.3 is 0 Å². The van der Waals surface area contributed by atoms with Crippen LogP contribution in [-0.2, 0) is 0 Å². The van der Waals surface area contributed by atoms with E-state index in [1.807, 2.05) is 6.08 Å². The van der Waals surface area contributed by atoms with Gasteiger partial charge in [0.2, 0.25) is 0 Å². The third-order valence-corrected chi connectivity index (χ3v) is 3.66. The molecule has 0 nitrogen and oxygen atoms in total. The normalized spacial score (nSPS) is 16.7. The van der Waals surface area contributed by atoms with Crippen LogP contribution in [-0.4, -0.2) is 0 Å². The molecule has 0 bridgehead atoms. The van der Waals surface area contributed by atoms with E-state index in [9.17, 15) is 0 Å². The topological polar surface area (TPSA) is 0 Å². The highest BCUT2D eigenvalue weighted by Gasteiger charge is 2.28. The highest BCUT2D eigenvalue weighted by atomic mass is 14.3. The highest BCUT2D eigenvalue weighted by molar-refractivity contribution is 5.44. The number of rotatable bonds is 6. The fourth-order valence-corrected chi connectivity index (χ4v) is 2.98. The van der Waals surface area contributed by atoms with Gasteiger partial charge in [0.1, 0.15) is 0 Å². The number of hydrogen-bond acceptors (Lipinski definition) is 0. The molecule has 90 valence electrons. The van der Waals surface area contributed by atoms with Crippen LogP contribution in [0.2, 0.25) is 0 Å². The molecule has 0 spiro atoms. The summed E-state index contributed by atoms with van der Waals surface area (Å²) in [7, 11) is 0. The van der Waals surface area contributed by atoms with Gasteiger partial charge in [0.05, 0.1) is 0 Å². The third-order valence-electron chi connectivity index (χ3n) is 3.66. The van der Waals surface area contributed by atoms with Gasteiger partial charge >= 0.3 is 0 Å². The predicted octanol–water partition coefficient (Wildman–Crippen LogP) is 5.43. The van der Waals surface area contributed by atoms with Gasteiger partial charge in [-0.2, -0.15) is 0 Å². The molecule has 1 rings (SSSR count). The minimum atomic E-state index is 0.365. The first-order valence-corrected chi connectivity index (χ1v) is 6.71. The van der Waals surface area contributed by atoms with Crippen molar-refractivity contribution in [1.82, 2.24) is 0 Å². The zero-order valence-corrected chi connectivity index (χ0v) is 11.2. The van der Waals surface area contributed by atoms with Crippen molar-refractivity contribution < 1.29 is 0 Å².